The molecule has 3 nitrogen and oxygen atoms in total. The van der Waals surface area contributed by atoms with Crippen LogP contribution < -0.4 is 4.90 Å². The van der Waals surface area contributed by atoms with Crippen LogP contribution in [0.4, 0.5) is 10.1 Å². The van der Waals surface area contributed by atoms with E-state index >= 15 is 4.39 Å². The van der Waals surface area contributed by atoms with Crippen LogP contribution in [0.2, 0.25) is 0 Å². The van der Waals surface area contributed by atoms with E-state index in [2.05, 4.69) is 36.4 Å². The first kappa shape index (κ1) is 21.4. The summed E-state index contributed by atoms with van der Waals surface area (Å²) < 4.78 is 15.1. The molecule has 1 saturated heterocycles. The Bertz CT molecular complexity index is 762. The molecule has 1 N–H and O–H groups in total. The summed E-state index contributed by atoms with van der Waals surface area (Å²) >= 11 is 0. The van der Waals surface area contributed by atoms with Gasteiger partial charge in [-0.05, 0) is 64.2 Å². The van der Waals surface area contributed by atoms with E-state index in [0.29, 0.717) is 12.1 Å². The van der Waals surface area contributed by atoms with E-state index in [1.54, 1.807) is 13.1 Å². The Labute approximate surface area is 163 Å². The largest absolute Gasteiger partial charge is 0.396 e. The number of anilines is 1. The Morgan fingerprint density at radius 2 is 2.04 bits per heavy atom. The molecular weight excluding hydrogens is 339 g/mol. The van der Waals surface area contributed by atoms with E-state index in [1.165, 1.54) is 5.57 Å². The highest BCUT2D eigenvalue weighted by atomic mass is 19.1. The molecule has 1 unspecified atom stereocenters. The molecule has 1 heterocycles. The van der Waals surface area contributed by atoms with Gasteiger partial charge in [0.25, 0.3) is 0 Å². The predicted octanol–water partition coefficient (Wildman–Crippen LogP) is 5.38. The molecule has 4 heteroatoms. The molecule has 1 aromatic rings. The number of aliphatic hydroxyl groups excluding tert-OH is 1. The predicted molar refractivity (Wildman–Crippen MR) is 114 cm³/mol. The summed E-state index contributed by atoms with van der Waals surface area (Å²) in [5.74, 6) is -0.199. The lowest BCUT2D eigenvalue weighted by Crippen LogP contribution is -2.60. The molecule has 27 heavy (non-hydrogen) atoms. The molecule has 0 spiro atoms. The number of aliphatic hydroxyl groups is 1. The third-order valence-electron chi connectivity index (χ3n) is 5.82. The van der Waals surface area contributed by atoms with Crippen molar-refractivity contribution in [2.45, 2.75) is 58.9 Å². The summed E-state index contributed by atoms with van der Waals surface area (Å²) in [5, 5.41) is 9.06. The van der Waals surface area contributed by atoms with Crippen LogP contribution in [-0.2, 0) is 0 Å². The lowest BCUT2D eigenvalue weighted by molar-refractivity contribution is 0.257. The molecule has 1 atom stereocenters. The fourth-order valence-electron chi connectivity index (χ4n) is 4.04. The van der Waals surface area contributed by atoms with Crippen molar-refractivity contribution in [1.29, 1.82) is 0 Å². The molecule has 0 aromatic heterocycles. The summed E-state index contributed by atoms with van der Waals surface area (Å²) in [6.45, 7) is 13.1. The van der Waals surface area contributed by atoms with Crippen LogP contribution in [0.15, 0.2) is 35.4 Å². The second kappa shape index (κ2) is 8.83. The fraction of sp³-hybridized carbons (Fsp3) is 0.522. The Kier molecular flexibility index (Phi) is 6.99. The minimum atomic E-state index is -0.199. The number of hydrogen-bond acceptors (Lipinski definition) is 3. The van der Waals surface area contributed by atoms with Crippen LogP contribution in [0.1, 0.15) is 64.5 Å². The number of hydrogen-bond donors (Lipinski definition) is 1. The first-order chi connectivity index (χ1) is 12.8. The van der Waals surface area contributed by atoms with Crippen LogP contribution in [-0.4, -0.2) is 36.6 Å². The lowest BCUT2D eigenvalue weighted by Gasteiger charge is -2.55. The Hall–Kier alpha value is -1.94. The number of allylic oxidation sites excluding steroid dienone is 1. The van der Waals surface area contributed by atoms with Crippen molar-refractivity contribution in [2.75, 3.05) is 25.1 Å². The van der Waals surface area contributed by atoms with Crippen LogP contribution in [0.25, 0.3) is 5.57 Å². The summed E-state index contributed by atoms with van der Waals surface area (Å²) in [4.78, 5) is 6.53. The maximum Gasteiger partial charge on any atom is 0.147 e. The summed E-state index contributed by atoms with van der Waals surface area (Å²) in [6.07, 6.45) is 5.65. The van der Waals surface area contributed by atoms with Gasteiger partial charge in [-0.15, -0.1) is 0 Å². The molecule has 0 aliphatic carbocycles. The van der Waals surface area contributed by atoms with E-state index in [9.17, 15) is 0 Å². The van der Waals surface area contributed by atoms with Gasteiger partial charge in [0.05, 0.1) is 5.69 Å². The van der Waals surface area contributed by atoms with Gasteiger partial charge in [-0.25, -0.2) is 4.39 Å². The number of rotatable bonds is 8. The molecule has 0 amide bonds. The number of nitrogens with zero attached hydrogens (tertiary/aromatic N) is 2. The molecule has 1 aliphatic heterocycles. The Morgan fingerprint density at radius 3 is 2.52 bits per heavy atom. The maximum absolute atomic E-state index is 15.1. The van der Waals surface area contributed by atoms with E-state index in [4.69, 9.17) is 5.11 Å². The van der Waals surface area contributed by atoms with Crippen LogP contribution in [0.3, 0.4) is 0 Å². The third-order valence-corrected chi connectivity index (χ3v) is 5.82. The number of halogens is 1. The zero-order valence-electron chi connectivity index (χ0n) is 17.4. The quantitative estimate of drug-likeness (QED) is 0.491. The number of aliphatic imine (C=N–C) groups is 1. The normalized spacial score (nSPS) is 20.6. The van der Waals surface area contributed by atoms with E-state index in [1.807, 2.05) is 19.9 Å². The van der Waals surface area contributed by atoms with Gasteiger partial charge < -0.3 is 10.0 Å². The fourth-order valence-corrected chi connectivity index (χ4v) is 4.04. The van der Waals surface area contributed by atoms with Gasteiger partial charge in [-0.3, -0.25) is 4.99 Å². The minimum Gasteiger partial charge on any atom is -0.396 e. The zero-order valence-corrected chi connectivity index (χ0v) is 17.4. The molecule has 1 fully saturated rings. The average molecular weight is 373 g/mol. The smallest absolute Gasteiger partial charge is 0.147 e. The zero-order chi connectivity index (χ0) is 20.2. The molecule has 148 valence electrons. The van der Waals surface area contributed by atoms with Crippen molar-refractivity contribution in [3.8, 4) is 0 Å². The first-order valence-corrected chi connectivity index (χ1v) is 9.77. The van der Waals surface area contributed by atoms with Crippen molar-refractivity contribution >= 4 is 17.0 Å². The van der Waals surface area contributed by atoms with E-state index in [-0.39, 0.29) is 18.0 Å². The second-order valence-electron chi connectivity index (χ2n) is 7.66. The third kappa shape index (κ3) is 4.32. The van der Waals surface area contributed by atoms with Crippen molar-refractivity contribution < 1.29 is 9.50 Å². The topological polar surface area (TPSA) is 35.8 Å². The molecule has 1 aromatic carbocycles. The lowest BCUT2D eigenvalue weighted by atomic mass is 9.76. The van der Waals surface area contributed by atoms with Gasteiger partial charge >= 0.3 is 0 Å². The van der Waals surface area contributed by atoms with Crippen LogP contribution in [0, 0.1) is 5.82 Å². The van der Waals surface area contributed by atoms with Crippen LogP contribution >= 0.6 is 0 Å². The molecular formula is C23H33FN2O. The molecule has 1 aliphatic rings. The monoisotopic (exact) mass is 372 g/mol. The Balaban J connectivity index is 2.46. The van der Waals surface area contributed by atoms with Gasteiger partial charge in [0, 0.05) is 37.0 Å². The molecule has 0 saturated carbocycles. The average Bonchev–Trinajstić information content (AvgIpc) is 2.63. The van der Waals surface area contributed by atoms with Crippen molar-refractivity contribution in [2.24, 2.45) is 4.99 Å². The molecule has 0 bridgehead atoms. The van der Waals surface area contributed by atoms with Crippen LogP contribution in [0.5, 0.6) is 0 Å². The summed E-state index contributed by atoms with van der Waals surface area (Å²) in [5.41, 5.74) is 5.34. The van der Waals surface area contributed by atoms with E-state index in [0.717, 1.165) is 48.2 Å². The van der Waals surface area contributed by atoms with Gasteiger partial charge in [-0.2, -0.15) is 0 Å². The minimum absolute atomic E-state index is 0.0594. The van der Waals surface area contributed by atoms with Crippen molar-refractivity contribution in [1.82, 2.24) is 0 Å². The van der Waals surface area contributed by atoms with Crippen molar-refractivity contribution in [3.63, 3.8) is 0 Å². The van der Waals surface area contributed by atoms with Gasteiger partial charge in [-0.1, -0.05) is 30.7 Å². The number of benzene rings is 1. The SMILES string of the molecule is C=C(C)c1cc(F)c(N2CCC2(CC)C/C(C)=C\CCO)cc1C(C)=NC. The second-order valence-corrected chi connectivity index (χ2v) is 7.66. The first-order valence-electron chi connectivity index (χ1n) is 9.77. The molecule has 0 radical (unpaired) electrons. The summed E-state index contributed by atoms with van der Waals surface area (Å²) in [6, 6.07) is 3.55. The van der Waals surface area contributed by atoms with Gasteiger partial charge in [0.15, 0.2) is 0 Å². The highest BCUT2D eigenvalue weighted by Crippen LogP contribution is 2.44. The summed E-state index contributed by atoms with van der Waals surface area (Å²) in [7, 11) is 1.76. The molecule has 2 rings (SSSR count). The van der Waals surface area contributed by atoms with E-state index < -0.39 is 0 Å². The van der Waals surface area contributed by atoms with Crippen molar-refractivity contribution in [3.05, 3.63) is 47.3 Å². The standard InChI is InChI=1S/C23H33FN2O/c1-7-23(15-17(4)9-8-12-27)10-11-26(23)22-14-20(18(5)25-6)19(16(2)3)13-21(22)24/h9,13-14,27H,2,7-8,10-12,15H2,1,3-6H3/b17-9-,25-18?. The van der Waals surface area contributed by atoms with Gasteiger partial charge in [0.2, 0.25) is 0 Å². The maximum atomic E-state index is 15.1. The highest BCUT2D eigenvalue weighted by Gasteiger charge is 2.44. The van der Waals surface area contributed by atoms with Gasteiger partial charge in [0.1, 0.15) is 5.82 Å². The highest BCUT2D eigenvalue weighted by molar-refractivity contribution is 6.03. The Morgan fingerprint density at radius 1 is 1.33 bits per heavy atom.